The summed E-state index contributed by atoms with van der Waals surface area (Å²) in [6, 6.07) is 0. The van der Waals surface area contributed by atoms with Gasteiger partial charge in [-0.05, 0) is 0 Å². The van der Waals surface area contributed by atoms with Crippen molar-refractivity contribution in [1.29, 1.82) is 0 Å². The number of carbonyl (C=O) groups is 1. The van der Waals surface area contributed by atoms with E-state index in [4.69, 9.17) is 0 Å². The molecule has 0 N–H and O–H groups in total. The molecule has 0 radical (unpaired) electrons. The predicted molar refractivity (Wildman–Crippen MR) is 23.9 cm³/mol. The van der Waals surface area contributed by atoms with E-state index in [0.717, 1.165) is 0 Å². The average Bonchev–Trinajstić information content (AvgIpc) is 1.35. The number of carbonyl (C=O) groups excluding carboxylic acids is 1. The summed E-state index contributed by atoms with van der Waals surface area (Å²) in [6.07, 6.45) is 0. The van der Waals surface area contributed by atoms with Gasteiger partial charge in [0.25, 0.3) is 0 Å². The summed E-state index contributed by atoms with van der Waals surface area (Å²) < 4.78 is 2.22. The van der Waals surface area contributed by atoms with E-state index in [0.29, 0.717) is 0 Å². The molecule has 0 aromatic rings. The molecule has 0 spiro atoms. The van der Waals surface area contributed by atoms with Gasteiger partial charge in [-0.2, -0.15) is 0 Å². The SMILES string of the molecule is CC(=O)N=C=[Se]. The quantitative estimate of drug-likeness (QED) is 0.339. The van der Waals surface area contributed by atoms with E-state index in [1.165, 1.54) is 6.92 Å². The molecule has 0 aromatic heterocycles. The Morgan fingerprint density at radius 3 is 2.50 bits per heavy atom. The Morgan fingerprint density at radius 2 is 2.50 bits per heavy atom. The van der Waals surface area contributed by atoms with Crippen molar-refractivity contribution >= 4 is 26.2 Å². The Balaban J connectivity index is 3.60. The molecule has 0 heterocycles. The zero-order chi connectivity index (χ0) is 4.99. The molecule has 0 unspecified atom stereocenters. The van der Waals surface area contributed by atoms with Gasteiger partial charge in [-0.1, -0.05) is 0 Å². The topological polar surface area (TPSA) is 29.4 Å². The number of rotatable bonds is 0. The monoisotopic (exact) mass is 149 g/mol. The van der Waals surface area contributed by atoms with Gasteiger partial charge >= 0.3 is 42.9 Å². The van der Waals surface area contributed by atoms with E-state index in [9.17, 15) is 4.79 Å². The zero-order valence-corrected chi connectivity index (χ0v) is 4.98. The first-order valence-corrected chi connectivity index (χ1v) is 2.21. The Morgan fingerprint density at radius 1 is 2.00 bits per heavy atom. The summed E-state index contributed by atoms with van der Waals surface area (Å²) in [5, 5.41) is 0. The normalized spacial score (nSPS) is 6.17. The molecule has 0 rings (SSSR count). The summed E-state index contributed by atoms with van der Waals surface area (Å²) in [7, 11) is 0. The van der Waals surface area contributed by atoms with Gasteiger partial charge in [0.15, 0.2) is 0 Å². The molecule has 0 aliphatic rings. The maximum atomic E-state index is 9.79. The van der Waals surface area contributed by atoms with Crippen LogP contribution in [-0.4, -0.2) is 26.2 Å². The zero-order valence-electron chi connectivity index (χ0n) is 3.26. The van der Waals surface area contributed by atoms with Crippen LogP contribution in [0.15, 0.2) is 4.99 Å². The molecule has 0 fully saturated rings. The van der Waals surface area contributed by atoms with Crippen LogP contribution in [0.2, 0.25) is 0 Å². The molecule has 2 nitrogen and oxygen atoms in total. The fourth-order valence-corrected chi connectivity index (χ4v) is 0.334. The van der Waals surface area contributed by atoms with Crippen LogP contribution in [-0.2, 0) is 4.79 Å². The third-order valence-corrected chi connectivity index (χ3v) is 0.395. The van der Waals surface area contributed by atoms with Crippen LogP contribution in [0.1, 0.15) is 6.92 Å². The van der Waals surface area contributed by atoms with Crippen molar-refractivity contribution in [3.63, 3.8) is 0 Å². The molecule has 0 saturated heterocycles. The minimum atomic E-state index is -0.228. The number of amides is 1. The molecule has 6 heavy (non-hydrogen) atoms. The molecular weight excluding hydrogens is 145 g/mol. The van der Waals surface area contributed by atoms with Crippen molar-refractivity contribution in [3.8, 4) is 0 Å². The van der Waals surface area contributed by atoms with Gasteiger partial charge in [0.05, 0.1) is 0 Å². The van der Waals surface area contributed by atoms with Crippen LogP contribution in [0, 0.1) is 0 Å². The molecule has 0 aliphatic heterocycles. The molecule has 1 amide bonds. The van der Waals surface area contributed by atoms with Crippen LogP contribution >= 0.6 is 0 Å². The van der Waals surface area contributed by atoms with Crippen molar-refractivity contribution in [1.82, 2.24) is 0 Å². The standard InChI is InChI=1S/C3H3NOSe/c1-3(5)4-2-6/h1H3. The third kappa shape index (κ3) is 3.77. The molecule has 0 bridgehead atoms. The van der Waals surface area contributed by atoms with Gasteiger partial charge in [-0.25, -0.2) is 0 Å². The van der Waals surface area contributed by atoms with Gasteiger partial charge in [0.1, 0.15) is 0 Å². The molecule has 0 saturated carbocycles. The second-order valence-electron chi connectivity index (χ2n) is 0.722. The van der Waals surface area contributed by atoms with E-state index < -0.39 is 0 Å². The van der Waals surface area contributed by atoms with Crippen molar-refractivity contribution in [2.75, 3.05) is 0 Å². The van der Waals surface area contributed by atoms with Gasteiger partial charge in [-0.3, -0.25) is 0 Å². The Kier molecular flexibility index (Phi) is 2.86. The first-order valence-electron chi connectivity index (χ1n) is 1.36. The first-order chi connectivity index (χ1) is 2.77. The molecule has 0 aliphatic carbocycles. The average molecular weight is 148 g/mol. The number of nitrogens with zero attached hydrogens (tertiary/aromatic N) is 1. The maximum absolute atomic E-state index is 9.79. The van der Waals surface area contributed by atoms with Gasteiger partial charge in [-0.15, -0.1) is 0 Å². The Bertz CT molecular complexity index is 103. The van der Waals surface area contributed by atoms with Crippen LogP contribution < -0.4 is 0 Å². The molecule has 0 aromatic carbocycles. The van der Waals surface area contributed by atoms with Crippen molar-refractivity contribution in [2.45, 2.75) is 6.92 Å². The fourth-order valence-electron chi connectivity index (χ4n) is 0.0643. The second kappa shape index (κ2) is 2.98. The van der Waals surface area contributed by atoms with E-state index >= 15 is 0 Å². The van der Waals surface area contributed by atoms with E-state index in [-0.39, 0.29) is 5.91 Å². The number of hydrogen-bond donors (Lipinski definition) is 0. The van der Waals surface area contributed by atoms with E-state index in [2.05, 4.69) is 25.3 Å². The van der Waals surface area contributed by atoms with Crippen molar-refractivity contribution in [2.24, 2.45) is 4.99 Å². The summed E-state index contributed by atoms with van der Waals surface area (Å²) in [4.78, 5) is 13.0. The van der Waals surface area contributed by atoms with E-state index in [1.807, 2.05) is 0 Å². The molecule has 32 valence electrons. The third-order valence-electron chi connectivity index (χ3n) is 0.203. The predicted octanol–water partition coefficient (Wildman–Crippen LogP) is -0.393. The summed E-state index contributed by atoms with van der Waals surface area (Å²) in [5.74, 6) is -0.228. The molecule has 3 heteroatoms. The molecule has 0 atom stereocenters. The summed E-state index contributed by atoms with van der Waals surface area (Å²) in [5.41, 5.74) is 0. The van der Waals surface area contributed by atoms with Crippen molar-refractivity contribution in [3.05, 3.63) is 0 Å². The van der Waals surface area contributed by atoms with Crippen LogP contribution in [0.4, 0.5) is 0 Å². The van der Waals surface area contributed by atoms with Gasteiger partial charge < -0.3 is 0 Å². The first kappa shape index (κ1) is 5.77. The fraction of sp³-hybridized carbons (Fsp3) is 0.333. The van der Waals surface area contributed by atoms with Crippen LogP contribution in [0.3, 0.4) is 0 Å². The van der Waals surface area contributed by atoms with E-state index in [1.54, 1.807) is 0 Å². The Hall–Kier alpha value is -0.231. The minimum absolute atomic E-state index is 0.228. The second-order valence-corrected chi connectivity index (χ2v) is 1.11. The summed E-state index contributed by atoms with van der Waals surface area (Å²) >= 11 is 2.34. The summed E-state index contributed by atoms with van der Waals surface area (Å²) in [6.45, 7) is 1.37. The van der Waals surface area contributed by atoms with Gasteiger partial charge in [0, 0.05) is 0 Å². The van der Waals surface area contributed by atoms with Crippen molar-refractivity contribution < 1.29 is 4.79 Å². The van der Waals surface area contributed by atoms with Crippen LogP contribution in [0.5, 0.6) is 0 Å². The molecular formula is C3H3NOSe. The number of hydrogen-bond acceptors (Lipinski definition) is 1. The van der Waals surface area contributed by atoms with Gasteiger partial charge in [0.2, 0.25) is 0 Å². The Labute approximate surface area is 43.6 Å². The van der Waals surface area contributed by atoms with Crippen LogP contribution in [0.25, 0.3) is 0 Å². The number of aliphatic imine (C=N–C) groups is 1.